The first-order valence-electron chi connectivity index (χ1n) is 9.03. The summed E-state index contributed by atoms with van der Waals surface area (Å²) in [6, 6.07) is 22.5. The van der Waals surface area contributed by atoms with E-state index in [0.29, 0.717) is 5.56 Å². The van der Waals surface area contributed by atoms with Crippen molar-refractivity contribution in [2.24, 2.45) is 0 Å². The van der Waals surface area contributed by atoms with E-state index in [-0.39, 0.29) is 11.9 Å². The van der Waals surface area contributed by atoms with Crippen LogP contribution in [0.2, 0.25) is 0 Å². The Hall–Kier alpha value is -2.94. The van der Waals surface area contributed by atoms with Gasteiger partial charge in [0.05, 0.1) is 23.0 Å². The van der Waals surface area contributed by atoms with Gasteiger partial charge in [0.25, 0.3) is 5.91 Å². The molecule has 0 aliphatic heterocycles. The fraction of sp³-hybridized carbons (Fsp3) is 0.217. The number of amides is 1. The molecule has 1 aliphatic carbocycles. The van der Waals surface area contributed by atoms with E-state index in [4.69, 9.17) is 0 Å². The first-order chi connectivity index (χ1) is 12.6. The first kappa shape index (κ1) is 16.5. The van der Waals surface area contributed by atoms with Crippen LogP contribution in [0.4, 0.5) is 0 Å². The van der Waals surface area contributed by atoms with E-state index in [2.05, 4.69) is 29.2 Å². The largest absolute Gasteiger partial charge is 0.335 e. The number of carbonyl (C=O) groups is 1. The van der Waals surface area contributed by atoms with Gasteiger partial charge in [0.1, 0.15) is 0 Å². The van der Waals surface area contributed by atoms with Crippen molar-refractivity contribution >= 4 is 5.91 Å². The summed E-state index contributed by atoms with van der Waals surface area (Å²) in [5.74, 6) is 0.0383. The van der Waals surface area contributed by atoms with Crippen LogP contribution in [0, 0.1) is 6.92 Å². The molecule has 1 amide bonds. The zero-order valence-electron chi connectivity index (χ0n) is 15.1. The number of carbonyl (C=O) groups excluding carboxylic acids is 1. The average molecular weight is 342 g/mol. The van der Waals surface area contributed by atoms with E-state index in [1.165, 1.54) is 11.1 Å². The Bertz CT molecular complexity index is 949. The maximum atomic E-state index is 13.1. The van der Waals surface area contributed by atoms with E-state index < -0.39 is 0 Å². The third kappa shape index (κ3) is 2.90. The van der Waals surface area contributed by atoms with E-state index in [1.54, 1.807) is 0 Å². The Labute approximate surface area is 154 Å². The standard InChI is InChI=1S/C23H22N2O/c1-16-19(13-14-21(24-16)18-9-4-3-5-10-18)23(26)25(2)22-15-12-17-8-6-7-11-20(17)22/h3-11,13-14,22H,12,15H2,1-2H3. The van der Waals surface area contributed by atoms with Gasteiger partial charge in [-0.15, -0.1) is 0 Å². The third-order valence-corrected chi connectivity index (χ3v) is 5.27. The second-order valence-corrected chi connectivity index (χ2v) is 6.86. The van der Waals surface area contributed by atoms with Crippen LogP contribution < -0.4 is 0 Å². The molecule has 0 saturated heterocycles. The van der Waals surface area contributed by atoms with Crippen molar-refractivity contribution in [2.75, 3.05) is 7.05 Å². The maximum absolute atomic E-state index is 13.1. The van der Waals surface area contributed by atoms with Gasteiger partial charge < -0.3 is 4.90 Å². The maximum Gasteiger partial charge on any atom is 0.255 e. The molecule has 1 atom stereocenters. The van der Waals surface area contributed by atoms with Crippen LogP contribution in [0.3, 0.4) is 0 Å². The van der Waals surface area contributed by atoms with Gasteiger partial charge in [-0.1, -0.05) is 54.6 Å². The van der Waals surface area contributed by atoms with Gasteiger partial charge in [0.15, 0.2) is 0 Å². The number of fused-ring (bicyclic) bond motifs is 1. The Morgan fingerprint density at radius 2 is 1.73 bits per heavy atom. The topological polar surface area (TPSA) is 33.2 Å². The van der Waals surface area contributed by atoms with Crippen LogP contribution in [0.25, 0.3) is 11.3 Å². The Morgan fingerprint density at radius 3 is 2.50 bits per heavy atom. The van der Waals surface area contributed by atoms with E-state index in [1.807, 2.05) is 61.3 Å². The summed E-state index contributed by atoms with van der Waals surface area (Å²) in [6.07, 6.45) is 2.01. The second-order valence-electron chi connectivity index (χ2n) is 6.86. The highest BCUT2D eigenvalue weighted by atomic mass is 16.2. The summed E-state index contributed by atoms with van der Waals surface area (Å²) in [5.41, 5.74) is 6.04. The lowest BCUT2D eigenvalue weighted by Gasteiger charge is -2.26. The molecule has 3 aromatic rings. The highest BCUT2D eigenvalue weighted by Crippen LogP contribution is 2.35. The van der Waals surface area contributed by atoms with Crippen molar-refractivity contribution in [1.82, 2.24) is 9.88 Å². The summed E-state index contributed by atoms with van der Waals surface area (Å²) < 4.78 is 0. The molecule has 1 unspecified atom stereocenters. The minimum Gasteiger partial charge on any atom is -0.335 e. The molecule has 4 rings (SSSR count). The fourth-order valence-corrected chi connectivity index (χ4v) is 3.83. The van der Waals surface area contributed by atoms with Crippen molar-refractivity contribution in [2.45, 2.75) is 25.8 Å². The Kier molecular flexibility index (Phi) is 4.29. The van der Waals surface area contributed by atoms with Gasteiger partial charge in [-0.3, -0.25) is 9.78 Å². The highest BCUT2D eigenvalue weighted by Gasteiger charge is 2.29. The lowest BCUT2D eigenvalue weighted by atomic mass is 10.0. The molecule has 2 aromatic carbocycles. The van der Waals surface area contributed by atoms with Crippen molar-refractivity contribution < 1.29 is 4.79 Å². The van der Waals surface area contributed by atoms with Crippen molar-refractivity contribution in [3.8, 4) is 11.3 Å². The number of aryl methyl sites for hydroxylation is 2. The lowest BCUT2D eigenvalue weighted by Crippen LogP contribution is -2.30. The molecule has 3 nitrogen and oxygen atoms in total. The molecule has 0 spiro atoms. The summed E-state index contributed by atoms with van der Waals surface area (Å²) in [6.45, 7) is 1.91. The van der Waals surface area contributed by atoms with Gasteiger partial charge in [-0.25, -0.2) is 0 Å². The van der Waals surface area contributed by atoms with E-state index in [0.717, 1.165) is 29.8 Å². The van der Waals surface area contributed by atoms with Gasteiger partial charge in [-0.2, -0.15) is 0 Å². The minimum atomic E-state index is 0.0383. The number of hydrogen-bond donors (Lipinski definition) is 0. The quantitative estimate of drug-likeness (QED) is 0.684. The number of hydrogen-bond acceptors (Lipinski definition) is 2. The molecule has 0 radical (unpaired) electrons. The zero-order valence-corrected chi connectivity index (χ0v) is 15.1. The van der Waals surface area contributed by atoms with Crippen LogP contribution in [0.1, 0.15) is 39.6 Å². The normalized spacial score (nSPS) is 15.5. The van der Waals surface area contributed by atoms with Crippen LogP contribution in [0.15, 0.2) is 66.7 Å². The molecule has 0 saturated carbocycles. The van der Waals surface area contributed by atoms with Crippen LogP contribution in [-0.2, 0) is 6.42 Å². The molecule has 1 aliphatic rings. The average Bonchev–Trinajstić information content (AvgIpc) is 3.11. The van der Waals surface area contributed by atoms with Crippen LogP contribution in [-0.4, -0.2) is 22.8 Å². The smallest absolute Gasteiger partial charge is 0.255 e. The molecule has 130 valence electrons. The molecule has 1 heterocycles. The fourth-order valence-electron chi connectivity index (χ4n) is 3.83. The van der Waals surface area contributed by atoms with Crippen molar-refractivity contribution in [3.63, 3.8) is 0 Å². The summed E-state index contributed by atoms with van der Waals surface area (Å²) >= 11 is 0. The molecular formula is C23H22N2O. The highest BCUT2D eigenvalue weighted by molar-refractivity contribution is 5.95. The molecule has 3 heteroatoms. The molecule has 26 heavy (non-hydrogen) atoms. The molecule has 0 N–H and O–H groups in total. The Morgan fingerprint density at radius 1 is 1.00 bits per heavy atom. The van der Waals surface area contributed by atoms with Crippen molar-refractivity contribution in [1.29, 1.82) is 0 Å². The first-order valence-corrected chi connectivity index (χ1v) is 9.03. The summed E-state index contributed by atoms with van der Waals surface area (Å²) in [4.78, 5) is 19.6. The number of pyridine rings is 1. The number of benzene rings is 2. The van der Waals surface area contributed by atoms with Crippen LogP contribution >= 0.6 is 0 Å². The molecule has 1 aromatic heterocycles. The zero-order chi connectivity index (χ0) is 18.1. The molecule has 0 fully saturated rings. The monoisotopic (exact) mass is 342 g/mol. The van der Waals surface area contributed by atoms with E-state index in [9.17, 15) is 4.79 Å². The number of nitrogens with zero attached hydrogens (tertiary/aromatic N) is 2. The Balaban J connectivity index is 1.61. The van der Waals surface area contributed by atoms with Gasteiger partial charge in [0, 0.05) is 12.6 Å². The van der Waals surface area contributed by atoms with Gasteiger partial charge in [-0.05, 0) is 43.0 Å². The van der Waals surface area contributed by atoms with E-state index >= 15 is 0 Å². The summed E-state index contributed by atoms with van der Waals surface area (Å²) in [7, 11) is 1.90. The second kappa shape index (κ2) is 6.75. The number of rotatable bonds is 3. The van der Waals surface area contributed by atoms with Crippen LogP contribution in [0.5, 0.6) is 0 Å². The van der Waals surface area contributed by atoms with Gasteiger partial charge >= 0.3 is 0 Å². The SMILES string of the molecule is Cc1nc(-c2ccccc2)ccc1C(=O)N(C)C1CCc2ccccc21. The third-order valence-electron chi connectivity index (χ3n) is 5.27. The van der Waals surface area contributed by atoms with Gasteiger partial charge in [0.2, 0.25) is 0 Å². The predicted molar refractivity (Wildman–Crippen MR) is 104 cm³/mol. The lowest BCUT2D eigenvalue weighted by molar-refractivity contribution is 0.0729. The molecular weight excluding hydrogens is 320 g/mol. The predicted octanol–water partition coefficient (Wildman–Crippen LogP) is 4.82. The number of aromatic nitrogens is 1. The van der Waals surface area contributed by atoms with Crippen molar-refractivity contribution in [3.05, 3.63) is 89.1 Å². The molecule has 0 bridgehead atoms. The minimum absolute atomic E-state index is 0.0383. The summed E-state index contributed by atoms with van der Waals surface area (Å²) in [5, 5.41) is 0.